The van der Waals surface area contributed by atoms with Gasteiger partial charge in [0.2, 0.25) is 5.95 Å². The molecule has 2 aromatic rings. The van der Waals surface area contributed by atoms with Crippen LogP contribution in [0.15, 0.2) is 27.5 Å². The van der Waals surface area contributed by atoms with Crippen LogP contribution in [0.25, 0.3) is 0 Å². The Kier molecular flexibility index (Phi) is 3.96. The van der Waals surface area contributed by atoms with Crippen molar-refractivity contribution >= 4 is 39.0 Å². The molecule has 0 spiro atoms. The van der Waals surface area contributed by atoms with Gasteiger partial charge in [0.25, 0.3) is 0 Å². The third-order valence-electron chi connectivity index (χ3n) is 2.36. The highest BCUT2D eigenvalue weighted by atomic mass is 79.9. The van der Waals surface area contributed by atoms with Crippen LogP contribution in [0.3, 0.4) is 0 Å². The number of thiophene rings is 1. The van der Waals surface area contributed by atoms with Gasteiger partial charge in [-0.3, -0.25) is 0 Å². The first kappa shape index (κ1) is 12.3. The topological polar surface area (TPSA) is 49.8 Å². The van der Waals surface area contributed by atoms with Gasteiger partial charge >= 0.3 is 0 Å². The Hall–Kier alpha value is -1.14. The second kappa shape index (κ2) is 5.46. The fraction of sp³-hybridized carbons (Fsp3) is 0.273. The van der Waals surface area contributed by atoms with E-state index in [9.17, 15) is 0 Å². The van der Waals surface area contributed by atoms with Crippen LogP contribution in [-0.4, -0.2) is 17.0 Å². The van der Waals surface area contributed by atoms with E-state index < -0.39 is 0 Å². The Morgan fingerprint density at radius 2 is 2.29 bits per heavy atom. The SMILES string of the molecule is CNc1ncc(Br)c(NC(C)c2ccsc2)n1. The van der Waals surface area contributed by atoms with Crippen molar-refractivity contribution in [3.05, 3.63) is 33.1 Å². The number of nitrogens with one attached hydrogen (secondary N) is 2. The molecule has 6 heteroatoms. The molecule has 1 atom stereocenters. The van der Waals surface area contributed by atoms with Crippen molar-refractivity contribution in [2.45, 2.75) is 13.0 Å². The molecule has 17 heavy (non-hydrogen) atoms. The van der Waals surface area contributed by atoms with Crippen LogP contribution < -0.4 is 10.6 Å². The maximum atomic E-state index is 4.36. The number of nitrogens with zero attached hydrogens (tertiary/aromatic N) is 2. The minimum absolute atomic E-state index is 0.220. The molecule has 0 saturated heterocycles. The first-order valence-electron chi connectivity index (χ1n) is 5.19. The zero-order valence-corrected chi connectivity index (χ0v) is 12.0. The van der Waals surface area contributed by atoms with E-state index in [1.807, 2.05) is 0 Å². The first-order chi connectivity index (χ1) is 8.20. The van der Waals surface area contributed by atoms with Gasteiger partial charge in [-0.05, 0) is 45.2 Å². The van der Waals surface area contributed by atoms with Crippen LogP contribution in [-0.2, 0) is 0 Å². The molecular weight excluding hydrogens is 300 g/mol. The van der Waals surface area contributed by atoms with Crippen LogP contribution in [0.5, 0.6) is 0 Å². The van der Waals surface area contributed by atoms with E-state index in [0.717, 1.165) is 10.3 Å². The number of aromatic nitrogens is 2. The lowest BCUT2D eigenvalue weighted by Crippen LogP contribution is -2.09. The summed E-state index contributed by atoms with van der Waals surface area (Å²) in [5.41, 5.74) is 1.26. The van der Waals surface area contributed by atoms with Gasteiger partial charge < -0.3 is 10.6 Å². The summed E-state index contributed by atoms with van der Waals surface area (Å²) in [4.78, 5) is 8.48. The largest absolute Gasteiger partial charge is 0.362 e. The average molecular weight is 313 g/mol. The Bertz CT molecular complexity index is 486. The fourth-order valence-electron chi connectivity index (χ4n) is 1.40. The van der Waals surface area contributed by atoms with Crippen molar-refractivity contribution in [1.29, 1.82) is 0 Å². The summed E-state index contributed by atoms with van der Waals surface area (Å²) < 4.78 is 0.860. The summed E-state index contributed by atoms with van der Waals surface area (Å²) in [7, 11) is 1.80. The molecule has 1 unspecified atom stereocenters. The van der Waals surface area contributed by atoms with Crippen molar-refractivity contribution in [2.75, 3.05) is 17.7 Å². The third kappa shape index (κ3) is 2.95. The molecule has 0 aliphatic rings. The highest BCUT2D eigenvalue weighted by molar-refractivity contribution is 9.10. The molecule has 0 aliphatic heterocycles. The highest BCUT2D eigenvalue weighted by Crippen LogP contribution is 2.25. The lowest BCUT2D eigenvalue weighted by molar-refractivity contribution is 0.875. The van der Waals surface area contributed by atoms with Gasteiger partial charge in [-0.1, -0.05) is 0 Å². The zero-order chi connectivity index (χ0) is 12.3. The van der Waals surface area contributed by atoms with E-state index in [2.05, 4.69) is 60.3 Å². The van der Waals surface area contributed by atoms with Gasteiger partial charge in [0, 0.05) is 13.2 Å². The van der Waals surface area contributed by atoms with Crippen molar-refractivity contribution in [2.24, 2.45) is 0 Å². The van der Waals surface area contributed by atoms with Gasteiger partial charge in [0.05, 0.1) is 10.5 Å². The van der Waals surface area contributed by atoms with Gasteiger partial charge in [-0.15, -0.1) is 0 Å². The molecule has 2 rings (SSSR count). The number of rotatable bonds is 4. The molecule has 0 aliphatic carbocycles. The summed E-state index contributed by atoms with van der Waals surface area (Å²) in [5.74, 6) is 1.40. The van der Waals surface area contributed by atoms with Crippen LogP contribution in [0.4, 0.5) is 11.8 Å². The third-order valence-corrected chi connectivity index (χ3v) is 3.65. The molecule has 0 aromatic carbocycles. The van der Waals surface area contributed by atoms with Crippen LogP contribution in [0.2, 0.25) is 0 Å². The van der Waals surface area contributed by atoms with Crippen molar-refractivity contribution in [1.82, 2.24) is 9.97 Å². The number of halogens is 1. The van der Waals surface area contributed by atoms with Gasteiger partial charge in [-0.25, -0.2) is 4.98 Å². The minimum atomic E-state index is 0.220. The second-order valence-electron chi connectivity index (χ2n) is 3.56. The predicted octanol–water partition coefficient (Wildman–Crippen LogP) is 3.52. The maximum absolute atomic E-state index is 4.36. The standard InChI is InChI=1S/C11H13BrN4S/c1-7(8-3-4-17-6-8)15-10-9(12)5-14-11(13-2)16-10/h3-7H,1-2H3,(H2,13,14,15,16). The fourth-order valence-corrected chi connectivity index (χ4v) is 2.46. The Morgan fingerprint density at radius 1 is 1.47 bits per heavy atom. The van der Waals surface area contributed by atoms with E-state index in [4.69, 9.17) is 0 Å². The highest BCUT2D eigenvalue weighted by Gasteiger charge is 2.10. The van der Waals surface area contributed by atoms with E-state index in [-0.39, 0.29) is 6.04 Å². The summed E-state index contributed by atoms with van der Waals surface area (Å²) in [6.45, 7) is 2.11. The molecule has 0 fully saturated rings. The van der Waals surface area contributed by atoms with E-state index in [1.165, 1.54) is 5.56 Å². The van der Waals surface area contributed by atoms with Gasteiger partial charge in [0.15, 0.2) is 0 Å². The lowest BCUT2D eigenvalue weighted by atomic mass is 10.2. The normalized spacial score (nSPS) is 12.2. The molecule has 0 bridgehead atoms. The summed E-state index contributed by atoms with van der Waals surface area (Å²) >= 11 is 5.13. The summed E-state index contributed by atoms with van der Waals surface area (Å²) in [5, 5.41) is 10.5. The molecule has 0 amide bonds. The van der Waals surface area contributed by atoms with E-state index >= 15 is 0 Å². The van der Waals surface area contributed by atoms with Crippen LogP contribution in [0.1, 0.15) is 18.5 Å². The smallest absolute Gasteiger partial charge is 0.224 e. The molecular formula is C11H13BrN4S. The predicted molar refractivity (Wildman–Crippen MR) is 75.6 cm³/mol. The molecule has 0 saturated carbocycles. The van der Waals surface area contributed by atoms with Crippen molar-refractivity contribution in [3.63, 3.8) is 0 Å². The Morgan fingerprint density at radius 3 is 2.94 bits per heavy atom. The van der Waals surface area contributed by atoms with Crippen LogP contribution >= 0.6 is 27.3 Å². The molecule has 2 aromatic heterocycles. The first-order valence-corrected chi connectivity index (χ1v) is 6.93. The number of anilines is 2. The lowest BCUT2D eigenvalue weighted by Gasteiger charge is -2.14. The minimum Gasteiger partial charge on any atom is -0.362 e. The molecule has 2 N–H and O–H groups in total. The summed E-state index contributed by atoms with van der Waals surface area (Å²) in [6.07, 6.45) is 1.74. The maximum Gasteiger partial charge on any atom is 0.224 e. The number of hydrogen-bond acceptors (Lipinski definition) is 5. The molecule has 4 nitrogen and oxygen atoms in total. The van der Waals surface area contributed by atoms with Gasteiger partial charge in [-0.2, -0.15) is 16.3 Å². The monoisotopic (exact) mass is 312 g/mol. The molecule has 0 radical (unpaired) electrons. The van der Waals surface area contributed by atoms with E-state index in [1.54, 1.807) is 24.6 Å². The van der Waals surface area contributed by atoms with E-state index in [0.29, 0.717) is 5.95 Å². The van der Waals surface area contributed by atoms with Crippen LogP contribution in [0, 0.1) is 0 Å². The average Bonchev–Trinajstić information content (AvgIpc) is 2.85. The second-order valence-corrected chi connectivity index (χ2v) is 5.20. The Balaban J connectivity index is 2.18. The van der Waals surface area contributed by atoms with Crippen molar-refractivity contribution in [3.8, 4) is 0 Å². The van der Waals surface area contributed by atoms with Gasteiger partial charge in [0.1, 0.15) is 5.82 Å². The Labute approximate surface area is 113 Å². The van der Waals surface area contributed by atoms with Crippen molar-refractivity contribution < 1.29 is 0 Å². The quantitative estimate of drug-likeness (QED) is 0.907. The summed E-state index contributed by atoms with van der Waals surface area (Å²) in [6, 6.07) is 2.33. The number of hydrogen-bond donors (Lipinski definition) is 2. The zero-order valence-electron chi connectivity index (χ0n) is 9.57. The molecule has 90 valence electrons. The molecule has 2 heterocycles.